The molecule has 8 nitrogen and oxygen atoms in total. The quantitative estimate of drug-likeness (QED) is 0.215. The zero-order chi connectivity index (χ0) is 30.8. The minimum atomic E-state index is -2.00. The molecule has 0 aliphatic rings. The third-order valence-electron chi connectivity index (χ3n) is 7.69. The summed E-state index contributed by atoms with van der Waals surface area (Å²) in [5.74, 6) is 2.05. The number of hydrogen-bond donors (Lipinski definition) is 2. The highest BCUT2D eigenvalue weighted by Crippen LogP contribution is 2.38. The van der Waals surface area contributed by atoms with E-state index in [9.17, 15) is 0 Å². The molecule has 0 aliphatic carbocycles. The number of fused-ring (bicyclic) bond motifs is 1. The Morgan fingerprint density at radius 2 is 1.71 bits per heavy atom. The summed E-state index contributed by atoms with van der Waals surface area (Å²) >= 11 is 0. The van der Waals surface area contributed by atoms with Crippen LogP contribution in [-0.2, 0) is 8.85 Å². The van der Waals surface area contributed by atoms with E-state index in [0.29, 0.717) is 18.3 Å². The average Bonchev–Trinajstić information content (AvgIpc) is 2.84. The van der Waals surface area contributed by atoms with Gasteiger partial charge < -0.3 is 24.6 Å². The number of hydrogen-bond acceptors (Lipinski definition) is 8. The van der Waals surface area contributed by atoms with E-state index in [1.807, 2.05) is 18.2 Å². The van der Waals surface area contributed by atoms with Gasteiger partial charge in [0.25, 0.3) is 0 Å². The molecule has 2 unspecified atom stereocenters. The maximum absolute atomic E-state index is 6.68. The first-order chi connectivity index (χ1) is 18.9. The Labute approximate surface area is 249 Å². The minimum absolute atomic E-state index is 0.0910. The number of benzene rings is 1. The largest absolute Gasteiger partial charge is 0.452 e. The number of nitrogens with one attached hydrogen (secondary N) is 1. The van der Waals surface area contributed by atoms with Crippen LogP contribution in [0.15, 0.2) is 36.7 Å². The van der Waals surface area contributed by atoms with Crippen LogP contribution in [0.2, 0.25) is 31.2 Å². The van der Waals surface area contributed by atoms with Crippen LogP contribution in [0.3, 0.4) is 0 Å². The van der Waals surface area contributed by atoms with Gasteiger partial charge in [-0.3, -0.25) is 4.98 Å². The Bertz CT molecular complexity index is 1320. The summed E-state index contributed by atoms with van der Waals surface area (Å²) in [4.78, 5) is 13.7. The molecule has 0 saturated heterocycles. The van der Waals surface area contributed by atoms with Gasteiger partial charge in [0, 0.05) is 11.6 Å². The molecule has 0 bridgehead atoms. The van der Waals surface area contributed by atoms with E-state index in [4.69, 9.17) is 19.3 Å². The van der Waals surface area contributed by atoms with Crippen molar-refractivity contribution in [1.82, 2.24) is 15.0 Å². The number of nitrogen functional groups attached to an aromatic ring is 1. The van der Waals surface area contributed by atoms with Gasteiger partial charge in [-0.2, -0.15) is 4.98 Å². The molecule has 1 radical (unpaired) electrons. The molecule has 0 fully saturated rings. The summed E-state index contributed by atoms with van der Waals surface area (Å²) < 4.78 is 19.6. The van der Waals surface area contributed by atoms with E-state index in [2.05, 4.69) is 108 Å². The van der Waals surface area contributed by atoms with E-state index in [-0.39, 0.29) is 34.3 Å². The lowest BCUT2D eigenvalue weighted by Gasteiger charge is -2.42. The van der Waals surface area contributed by atoms with Crippen LogP contribution in [-0.4, -0.2) is 51.1 Å². The number of aromatic nitrogens is 3. The molecule has 3 rings (SSSR count). The predicted molar refractivity (Wildman–Crippen MR) is 175 cm³/mol. The Hall–Kier alpha value is -2.54. The summed E-state index contributed by atoms with van der Waals surface area (Å²) in [6.45, 7) is 26.9. The maximum Gasteiger partial charge on any atom is 0.225 e. The monoisotopic (exact) mass is 596 g/mol. The lowest BCUT2D eigenvalue weighted by atomic mass is 9.85. The number of pyridine rings is 1. The fraction of sp³-hybridized carbons (Fsp3) is 0.581. The van der Waals surface area contributed by atoms with E-state index in [0.717, 1.165) is 22.2 Å². The molecular formula is C31H50N5O3Si2. The first-order valence-electron chi connectivity index (χ1n) is 14.5. The third-order valence-corrected chi connectivity index (χ3v) is 12.9. The topological polar surface area (TPSA) is 104 Å². The van der Waals surface area contributed by atoms with Gasteiger partial charge in [0.2, 0.25) is 15.0 Å². The molecule has 1 aromatic carbocycles. The van der Waals surface area contributed by atoms with Crippen LogP contribution in [0.4, 0.5) is 11.8 Å². The van der Waals surface area contributed by atoms with Gasteiger partial charge in [-0.25, -0.2) is 4.98 Å². The van der Waals surface area contributed by atoms with Crippen molar-refractivity contribution in [2.24, 2.45) is 5.41 Å². The molecule has 2 heterocycles. The van der Waals surface area contributed by atoms with E-state index in [1.54, 1.807) is 12.4 Å². The van der Waals surface area contributed by atoms with Crippen LogP contribution in [0, 0.1) is 5.41 Å². The summed E-state index contributed by atoms with van der Waals surface area (Å²) in [7, 11) is -2.99. The van der Waals surface area contributed by atoms with Gasteiger partial charge >= 0.3 is 0 Å². The van der Waals surface area contributed by atoms with Gasteiger partial charge in [-0.15, -0.1) is 0 Å². The van der Waals surface area contributed by atoms with Crippen molar-refractivity contribution in [3.63, 3.8) is 0 Å². The second-order valence-electron chi connectivity index (χ2n) is 13.9. The lowest BCUT2D eigenvalue weighted by molar-refractivity contribution is 0.0509. The third kappa shape index (κ3) is 8.50. The molecule has 0 amide bonds. The fourth-order valence-electron chi connectivity index (χ4n) is 4.31. The van der Waals surface area contributed by atoms with Crippen molar-refractivity contribution in [2.75, 3.05) is 17.7 Å². The Balaban J connectivity index is 1.91. The SMILES string of the molecule is CC(C)c1cc2ncccc2cc1Oc1cnc(NC(CO[Si](C)(C)C(C)(C)C)C(O[Si](C)C)C(C)(C)C)nc1N. The van der Waals surface area contributed by atoms with Crippen LogP contribution >= 0.6 is 0 Å². The normalized spacial score (nSPS) is 14.5. The fourth-order valence-corrected chi connectivity index (χ4v) is 6.36. The van der Waals surface area contributed by atoms with Crippen molar-refractivity contribution in [3.05, 3.63) is 42.2 Å². The molecule has 10 heteroatoms. The van der Waals surface area contributed by atoms with Gasteiger partial charge in [-0.1, -0.05) is 61.5 Å². The minimum Gasteiger partial charge on any atom is -0.452 e. The molecule has 0 aliphatic heterocycles. The first-order valence-corrected chi connectivity index (χ1v) is 19.8. The molecule has 2 aromatic heterocycles. The van der Waals surface area contributed by atoms with Gasteiger partial charge in [0.15, 0.2) is 19.9 Å². The summed E-state index contributed by atoms with van der Waals surface area (Å²) in [5, 5.41) is 4.61. The summed E-state index contributed by atoms with van der Waals surface area (Å²) in [6.07, 6.45) is 3.32. The zero-order valence-corrected chi connectivity index (χ0v) is 29.0. The van der Waals surface area contributed by atoms with Gasteiger partial charge in [0.1, 0.15) is 5.75 Å². The summed E-state index contributed by atoms with van der Waals surface area (Å²) in [6, 6.07) is 7.83. The molecule has 2 atom stereocenters. The number of anilines is 2. The van der Waals surface area contributed by atoms with Crippen molar-refractivity contribution in [2.45, 2.75) is 105 Å². The smallest absolute Gasteiger partial charge is 0.225 e. The van der Waals surface area contributed by atoms with Gasteiger partial charge in [-0.05, 0) is 66.3 Å². The molecule has 0 spiro atoms. The van der Waals surface area contributed by atoms with Crippen LogP contribution in [0.5, 0.6) is 11.5 Å². The Morgan fingerprint density at radius 1 is 1.02 bits per heavy atom. The molecular weight excluding hydrogens is 547 g/mol. The van der Waals surface area contributed by atoms with Gasteiger partial charge in [0.05, 0.1) is 30.5 Å². The standard InChI is InChI=1S/C31H50N5O3Si2/c1-20(2)22-17-23-21(14-13-15-33-23)16-25(22)38-26-18-34-29(36-28(26)32)35-24(19-37-41(11,12)31(6,7)8)27(30(3,4)5)39-40(9)10/h13-18,20,24,27H,19H2,1-12H3,(H3,32,34,35,36). The summed E-state index contributed by atoms with van der Waals surface area (Å²) in [5.41, 5.74) is 8.28. The lowest BCUT2D eigenvalue weighted by Crippen LogP contribution is -2.52. The Kier molecular flexibility index (Phi) is 10.3. The number of ether oxygens (including phenoxy) is 1. The molecule has 0 saturated carbocycles. The maximum atomic E-state index is 6.68. The van der Waals surface area contributed by atoms with E-state index >= 15 is 0 Å². The highest BCUT2D eigenvalue weighted by atomic mass is 28.4. The zero-order valence-electron chi connectivity index (χ0n) is 27.0. The van der Waals surface area contributed by atoms with Crippen LogP contribution in [0.25, 0.3) is 10.9 Å². The molecule has 41 heavy (non-hydrogen) atoms. The van der Waals surface area contributed by atoms with Crippen molar-refractivity contribution >= 4 is 40.0 Å². The van der Waals surface area contributed by atoms with Crippen molar-refractivity contribution in [1.29, 1.82) is 0 Å². The second-order valence-corrected chi connectivity index (χ2v) is 20.8. The number of nitrogens with two attached hydrogens (primary N) is 1. The first kappa shape index (κ1) is 33.0. The van der Waals surface area contributed by atoms with Crippen molar-refractivity contribution in [3.8, 4) is 11.5 Å². The highest BCUT2D eigenvalue weighted by molar-refractivity contribution is 6.74. The number of nitrogens with zero attached hydrogens (tertiary/aromatic N) is 3. The van der Waals surface area contributed by atoms with E-state index < -0.39 is 17.4 Å². The second kappa shape index (κ2) is 12.8. The molecule has 3 N–H and O–H groups in total. The van der Waals surface area contributed by atoms with Crippen LogP contribution in [0.1, 0.15) is 66.9 Å². The van der Waals surface area contributed by atoms with Crippen LogP contribution < -0.4 is 15.8 Å². The molecule has 225 valence electrons. The Morgan fingerprint density at radius 3 is 2.27 bits per heavy atom. The predicted octanol–water partition coefficient (Wildman–Crippen LogP) is 8.01. The molecule has 3 aromatic rings. The highest BCUT2D eigenvalue weighted by Gasteiger charge is 2.40. The average molecular weight is 597 g/mol. The van der Waals surface area contributed by atoms with E-state index in [1.165, 1.54) is 0 Å². The van der Waals surface area contributed by atoms with Crippen molar-refractivity contribution < 1.29 is 13.6 Å². The number of rotatable bonds is 11.